The topological polar surface area (TPSA) is 43.9 Å². The van der Waals surface area contributed by atoms with Crippen molar-refractivity contribution in [1.29, 1.82) is 0 Å². The number of benzene rings is 1. The smallest absolute Gasteiger partial charge is 0.282 e. The first kappa shape index (κ1) is 16.2. The van der Waals surface area contributed by atoms with Gasteiger partial charge in [0.1, 0.15) is 6.54 Å². The van der Waals surface area contributed by atoms with Gasteiger partial charge < -0.3 is 14.7 Å². The molecule has 3 rings (SSSR count). The molecule has 1 aromatic rings. The van der Waals surface area contributed by atoms with Gasteiger partial charge in [0.15, 0.2) is 0 Å². The van der Waals surface area contributed by atoms with E-state index in [2.05, 4.69) is 23.1 Å². The van der Waals surface area contributed by atoms with Gasteiger partial charge in [-0.05, 0) is 30.5 Å². The number of carbonyl (C=O) groups excluding carboxylic acids is 2. The van der Waals surface area contributed by atoms with Gasteiger partial charge in [0.25, 0.3) is 5.24 Å². The largest absolute Gasteiger partial charge is 0.378 e. The monoisotopic (exact) mass is 333 g/mol. The highest BCUT2D eigenvalue weighted by Crippen LogP contribution is 2.33. The van der Waals surface area contributed by atoms with Gasteiger partial charge in [0.2, 0.25) is 5.91 Å². The lowest BCUT2D eigenvalue weighted by molar-refractivity contribution is -0.132. The van der Waals surface area contributed by atoms with Gasteiger partial charge in [-0.1, -0.05) is 23.9 Å². The van der Waals surface area contributed by atoms with Gasteiger partial charge in [-0.2, -0.15) is 0 Å². The zero-order chi connectivity index (χ0) is 16.4. The Hall–Kier alpha value is -1.69. The molecule has 0 aromatic heterocycles. The second-order valence-electron chi connectivity index (χ2n) is 6.27. The molecule has 0 aliphatic carbocycles. The maximum Gasteiger partial charge on any atom is 0.282 e. The third kappa shape index (κ3) is 3.47. The minimum Gasteiger partial charge on any atom is -0.378 e. The maximum atomic E-state index is 12.7. The van der Waals surface area contributed by atoms with E-state index in [1.807, 2.05) is 25.1 Å². The van der Waals surface area contributed by atoms with E-state index < -0.39 is 0 Å². The molecule has 0 spiro atoms. The highest BCUT2D eigenvalue weighted by Gasteiger charge is 2.32. The van der Waals surface area contributed by atoms with Crippen molar-refractivity contribution < 1.29 is 9.59 Å². The molecule has 2 aliphatic rings. The van der Waals surface area contributed by atoms with Crippen LogP contribution in [0.1, 0.15) is 24.4 Å². The maximum absolute atomic E-state index is 12.7. The highest BCUT2D eigenvalue weighted by atomic mass is 32.2. The van der Waals surface area contributed by atoms with Crippen LogP contribution in [0.25, 0.3) is 0 Å². The predicted molar refractivity (Wildman–Crippen MR) is 93.9 cm³/mol. The standard InChI is InChI=1S/C17H23N3O2S/c1-18(2)14-6-3-5-13(11-14)15-7-4-8-20(15)16(21)12-19-9-10-23-17(19)22/h3,5-6,11,15H,4,7-10,12H2,1-2H3. The highest BCUT2D eigenvalue weighted by molar-refractivity contribution is 8.13. The van der Waals surface area contributed by atoms with Crippen molar-refractivity contribution in [3.8, 4) is 0 Å². The summed E-state index contributed by atoms with van der Waals surface area (Å²) in [6.07, 6.45) is 2.01. The van der Waals surface area contributed by atoms with Gasteiger partial charge in [-0.25, -0.2) is 0 Å². The van der Waals surface area contributed by atoms with Crippen molar-refractivity contribution in [1.82, 2.24) is 9.80 Å². The van der Waals surface area contributed by atoms with Crippen molar-refractivity contribution >= 4 is 28.6 Å². The normalized spacial score (nSPS) is 21.1. The Bertz CT molecular complexity index is 605. The van der Waals surface area contributed by atoms with E-state index in [4.69, 9.17) is 0 Å². The number of thioether (sulfide) groups is 1. The number of likely N-dealkylation sites (tertiary alicyclic amines) is 1. The van der Waals surface area contributed by atoms with Crippen LogP contribution in [0.5, 0.6) is 0 Å². The number of hydrogen-bond acceptors (Lipinski definition) is 4. The molecule has 23 heavy (non-hydrogen) atoms. The third-order valence-electron chi connectivity index (χ3n) is 4.52. The van der Waals surface area contributed by atoms with Crippen molar-refractivity contribution in [3.63, 3.8) is 0 Å². The molecular formula is C17H23N3O2S. The Morgan fingerprint density at radius 2 is 2.17 bits per heavy atom. The summed E-state index contributed by atoms with van der Waals surface area (Å²) in [6, 6.07) is 8.51. The summed E-state index contributed by atoms with van der Waals surface area (Å²) in [4.78, 5) is 30.1. The van der Waals surface area contributed by atoms with Crippen molar-refractivity contribution in [2.45, 2.75) is 18.9 Å². The zero-order valence-corrected chi connectivity index (χ0v) is 14.5. The molecule has 0 saturated carbocycles. The fourth-order valence-electron chi connectivity index (χ4n) is 3.25. The first-order chi connectivity index (χ1) is 11.1. The zero-order valence-electron chi connectivity index (χ0n) is 13.7. The molecule has 2 heterocycles. The molecule has 0 radical (unpaired) electrons. The van der Waals surface area contributed by atoms with Crippen molar-refractivity contribution in [2.75, 3.05) is 44.4 Å². The fourth-order valence-corrected chi connectivity index (χ4v) is 4.07. The van der Waals surface area contributed by atoms with E-state index in [0.717, 1.165) is 30.8 Å². The van der Waals surface area contributed by atoms with Crippen LogP contribution in [0.15, 0.2) is 24.3 Å². The first-order valence-corrected chi connectivity index (χ1v) is 9.03. The summed E-state index contributed by atoms with van der Waals surface area (Å²) in [6.45, 7) is 1.68. The number of carbonyl (C=O) groups is 2. The summed E-state index contributed by atoms with van der Waals surface area (Å²) in [5.41, 5.74) is 2.33. The molecule has 2 aliphatic heterocycles. The van der Waals surface area contributed by atoms with E-state index in [9.17, 15) is 9.59 Å². The summed E-state index contributed by atoms with van der Waals surface area (Å²) in [5, 5.41) is 0.0312. The quantitative estimate of drug-likeness (QED) is 0.849. The van der Waals surface area contributed by atoms with Gasteiger partial charge in [0.05, 0.1) is 6.04 Å². The lowest BCUT2D eigenvalue weighted by Crippen LogP contribution is -2.40. The van der Waals surface area contributed by atoms with Crippen LogP contribution >= 0.6 is 11.8 Å². The average Bonchev–Trinajstić information content (AvgIpc) is 3.17. The summed E-state index contributed by atoms with van der Waals surface area (Å²) in [7, 11) is 4.04. The van der Waals surface area contributed by atoms with Crippen LogP contribution in [0.2, 0.25) is 0 Å². The molecule has 1 atom stereocenters. The van der Waals surface area contributed by atoms with Crippen LogP contribution in [0, 0.1) is 0 Å². The Labute approximate surface area is 141 Å². The minimum absolute atomic E-state index is 0.0312. The van der Waals surface area contributed by atoms with Crippen LogP contribution in [0.4, 0.5) is 10.5 Å². The van der Waals surface area contributed by atoms with Crippen LogP contribution < -0.4 is 4.90 Å². The van der Waals surface area contributed by atoms with Gasteiger partial charge >= 0.3 is 0 Å². The number of rotatable bonds is 4. The summed E-state index contributed by atoms with van der Waals surface area (Å²) in [5.74, 6) is 0.860. The fraction of sp³-hybridized carbons (Fsp3) is 0.529. The molecule has 0 N–H and O–H groups in total. The van der Waals surface area contributed by atoms with Crippen molar-refractivity contribution in [2.24, 2.45) is 0 Å². The molecule has 1 unspecified atom stereocenters. The number of anilines is 1. The molecule has 2 saturated heterocycles. The second kappa shape index (κ2) is 6.83. The predicted octanol–water partition coefficient (Wildman–Crippen LogP) is 2.58. The number of hydrogen-bond donors (Lipinski definition) is 0. The van der Waals surface area contributed by atoms with Crippen LogP contribution in [-0.2, 0) is 4.79 Å². The van der Waals surface area contributed by atoms with Gasteiger partial charge in [-0.3, -0.25) is 9.59 Å². The summed E-state index contributed by atoms with van der Waals surface area (Å²) < 4.78 is 0. The minimum atomic E-state index is 0.0312. The molecule has 6 heteroatoms. The Kier molecular flexibility index (Phi) is 4.80. The molecule has 2 fully saturated rings. The van der Waals surface area contributed by atoms with Crippen LogP contribution in [-0.4, -0.2) is 60.4 Å². The second-order valence-corrected chi connectivity index (χ2v) is 7.32. The van der Waals surface area contributed by atoms with E-state index in [-0.39, 0.29) is 23.7 Å². The number of nitrogens with zero attached hydrogens (tertiary/aromatic N) is 3. The molecule has 1 aromatic carbocycles. The average molecular weight is 333 g/mol. The lowest BCUT2D eigenvalue weighted by Gasteiger charge is -2.28. The molecule has 124 valence electrons. The van der Waals surface area contributed by atoms with E-state index >= 15 is 0 Å². The SMILES string of the molecule is CN(C)c1cccc(C2CCCN2C(=O)CN2CCSC2=O)c1. The van der Waals surface area contributed by atoms with E-state index in [1.165, 1.54) is 17.3 Å². The van der Waals surface area contributed by atoms with E-state index in [0.29, 0.717) is 6.54 Å². The van der Waals surface area contributed by atoms with Crippen LogP contribution in [0.3, 0.4) is 0 Å². The molecule has 2 amide bonds. The molecule has 0 bridgehead atoms. The number of amides is 2. The van der Waals surface area contributed by atoms with E-state index in [1.54, 1.807) is 4.90 Å². The Morgan fingerprint density at radius 1 is 1.35 bits per heavy atom. The molecule has 5 nitrogen and oxygen atoms in total. The van der Waals surface area contributed by atoms with Crippen molar-refractivity contribution in [3.05, 3.63) is 29.8 Å². The Balaban J connectivity index is 1.73. The lowest BCUT2D eigenvalue weighted by atomic mass is 10.0. The van der Waals surface area contributed by atoms with Gasteiger partial charge in [0, 0.05) is 38.6 Å². The Morgan fingerprint density at radius 3 is 2.87 bits per heavy atom. The summed E-state index contributed by atoms with van der Waals surface area (Å²) >= 11 is 1.30. The third-order valence-corrected chi connectivity index (χ3v) is 5.41. The molecular weight excluding hydrogens is 310 g/mol. The van der Waals surface area contributed by atoms with Gasteiger partial charge in [-0.15, -0.1) is 0 Å². The first-order valence-electron chi connectivity index (χ1n) is 8.05.